The quantitative estimate of drug-likeness (QED) is 0.375. The lowest BCUT2D eigenvalue weighted by Gasteiger charge is -2.37. The van der Waals surface area contributed by atoms with Crippen molar-refractivity contribution in [2.24, 2.45) is 4.99 Å². The lowest BCUT2D eigenvalue weighted by atomic mass is 10.1. The molecule has 0 amide bonds. The molecule has 0 aromatic rings. The Morgan fingerprint density at radius 2 is 2.12 bits per heavy atom. The third-order valence-electron chi connectivity index (χ3n) is 4.74. The summed E-state index contributed by atoms with van der Waals surface area (Å²) in [6.07, 6.45) is 3.73. The van der Waals surface area contributed by atoms with Crippen molar-refractivity contribution in [1.29, 1.82) is 0 Å². The molecule has 0 aromatic heterocycles. The van der Waals surface area contributed by atoms with Gasteiger partial charge in [0, 0.05) is 46.4 Å². The summed E-state index contributed by atoms with van der Waals surface area (Å²) in [4.78, 5) is 9.44. The normalized spacial score (nSPS) is 25.0. The van der Waals surface area contributed by atoms with Crippen LogP contribution in [0.3, 0.4) is 0 Å². The molecular weight excluding hydrogens is 320 g/mol. The molecule has 7 nitrogen and oxygen atoms in total. The average molecular weight is 357 g/mol. The molecule has 7 heteroatoms. The molecule has 1 N–H and O–H groups in total. The van der Waals surface area contributed by atoms with Crippen LogP contribution in [0.4, 0.5) is 0 Å². The molecule has 2 unspecified atom stereocenters. The summed E-state index contributed by atoms with van der Waals surface area (Å²) in [7, 11) is 3.87. The molecule has 0 aliphatic carbocycles. The number of aliphatic imine (C=N–C) groups is 1. The molecule has 2 saturated heterocycles. The highest BCUT2D eigenvalue weighted by molar-refractivity contribution is 5.80. The number of hydrogen-bond acceptors (Lipinski definition) is 5. The zero-order chi connectivity index (χ0) is 17.9. The van der Waals surface area contributed by atoms with Gasteiger partial charge in [-0.05, 0) is 39.8 Å². The van der Waals surface area contributed by atoms with E-state index in [1.165, 1.54) is 0 Å². The van der Waals surface area contributed by atoms with E-state index in [2.05, 4.69) is 29.1 Å². The SMILES string of the molecule is CCNC(=NCCCN(C)CCOC)N1CCOC(C2CCCO2)C1. The van der Waals surface area contributed by atoms with Crippen molar-refractivity contribution < 1.29 is 14.2 Å². The third kappa shape index (κ3) is 7.09. The maximum atomic E-state index is 5.95. The topological polar surface area (TPSA) is 58.6 Å². The summed E-state index contributed by atoms with van der Waals surface area (Å²) < 4.78 is 16.9. The van der Waals surface area contributed by atoms with E-state index in [9.17, 15) is 0 Å². The van der Waals surface area contributed by atoms with Crippen LogP contribution in [0.1, 0.15) is 26.2 Å². The van der Waals surface area contributed by atoms with E-state index in [1.54, 1.807) is 7.11 Å². The molecule has 0 spiro atoms. The van der Waals surface area contributed by atoms with Gasteiger partial charge in [0.05, 0.1) is 19.3 Å². The maximum Gasteiger partial charge on any atom is 0.194 e. The standard InChI is InChI=1S/C18H36N4O3/c1-4-19-18(20-8-6-9-21(2)10-13-23-3)22-11-14-25-17(15-22)16-7-5-12-24-16/h16-17H,4-15H2,1-3H3,(H,19,20). The highest BCUT2D eigenvalue weighted by atomic mass is 16.5. The number of hydrogen-bond donors (Lipinski definition) is 1. The van der Waals surface area contributed by atoms with Gasteiger partial charge in [-0.15, -0.1) is 0 Å². The second kappa shape index (κ2) is 11.7. The van der Waals surface area contributed by atoms with Crippen LogP contribution in [0.25, 0.3) is 0 Å². The van der Waals surface area contributed by atoms with Crippen LogP contribution in [-0.2, 0) is 14.2 Å². The first-order valence-electron chi connectivity index (χ1n) is 9.68. The second-order valence-corrected chi connectivity index (χ2v) is 6.79. The van der Waals surface area contributed by atoms with E-state index in [0.29, 0.717) is 0 Å². The predicted octanol–water partition coefficient (Wildman–Crippen LogP) is 0.800. The van der Waals surface area contributed by atoms with E-state index in [0.717, 1.165) is 84.3 Å². The first kappa shape index (κ1) is 20.4. The van der Waals surface area contributed by atoms with Gasteiger partial charge in [-0.1, -0.05) is 0 Å². The van der Waals surface area contributed by atoms with Gasteiger partial charge in [0.1, 0.15) is 6.10 Å². The van der Waals surface area contributed by atoms with Gasteiger partial charge in [0.25, 0.3) is 0 Å². The van der Waals surface area contributed by atoms with Gasteiger partial charge in [-0.2, -0.15) is 0 Å². The van der Waals surface area contributed by atoms with Gasteiger partial charge >= 0.3 is 0 Å². The van der Waals surface area contributed by atoms with Crippen LogP contribution in [-0.4, -0.2) is 101 Å². The van der Waals surface area contributed by atoms with Crippen molar-refractivity contribution >= 4 is 5.96 Å². The van der Waals surface area contributed by atoms with E-state index >= 15 is 0 Å². The Bertz CT molecular complexity index is 389. The molecule has 0 bridgehead atoms. The molecule has 2 aliphatic rings. The van der Waals surface area contributed by atoms with Crippen LogP contribution in [0.5, 0.6) is 0 Å². The zero-order valence-corrected chi connectivity index (χ0v) is 16.2. The van der Waals surface area contributed by atoms with Crippen molar-refractivity contribution in [3.8, 4) is 0 Å². The maximum absolute atomic E-state index is 5.95. The van der Waals surface area contributed by atoms with Crippen LogP contribution in [0.2, 0.25) is 0 Å². The highest BCUT2D eigenvalue weighted by Gasteiger charge is 2.32. The van der Waals surface area contributed by atoms with Crippen LogP contribution in [0.15, 0.2) is 4.99 Å². The van der Waals surface area contributed by atoms with Crippen LogP contribution in [0, 0.1) is 0 Å². The van der Waals surface area contributed by atoms with Gasteiger partial charge in [0.15, 0.2) is 5.96 Å². The summed E-state index contributed by atoms with van der Waals surface area (Å²) in [6, 6.07) is 0. The van der Waals surface area contributed by atoms with Crippen molar-refractivity contribution in [3.05, 3.63) is 0 Å². The minimum Gasteiger partial charge on any atom is -0.383 e. The van der Waals surface area contributed by atoms with Crippen molar-refractivity contribution in [3.63, 3.8) is 0 Å². The Balaban J connectivity index is 1.79. The largest absolute Gasteiger partial charge is 0.383 e. The molecular formula is C18H36N4O3. The van der Waals surface area contributed by atoms with Gasteiger partial charge in [-0.25, -0.2) is 0 Å². The fraction of sp³-hybridized carbons (Fsp3) is 0.944. The Morgan fingerprint density at radius 3 is 2.84 bits per heavy atom. The number of morpholine rings is 1. The number of nitrogens with one attached hydrogen (secondary N) is 1. The first-order chi connectivity index (χ1) is 12.2. The van der Waals surface area contributed by atoms with Crippen LogP contribution >= 0.6 is 0 Å². The van der Waals surface area contributed by atoms with Gasteiger partial charge < -0.3 is 29.3 Å². The fourth-order valence-corrected chi connectivity index (χ4v) is 3.30. The number of nitrogens with zero attached hydrogens (tertiary/aromatic N) is 3. The highest BCUT2D eigenvalue weighted by Crippen LogP contribution is 2.21. The molecule has 2 atom stereocenters. The summed E-state index contributed by atoms with van der Waals surface area (Å²) in [5.74, 6) is 1.01. The minimum absolute atomic E-state index is 0.167. The van der Waals surface area contributed by atoms with E-state index < -0.39 is 0 Å². The Labute approximate surface area is 152 Å². The molecule has 2 fully saturated rings. The lowest BCUT2D eigenvalue weighted by Crippen LogP contribution is -2.53. The van der Waals surface area contributed by atoms with Gasteiger partial charge in [-0.3, -0.25) is 4.99 Å². The molecule has 2 heterocycles. The predicted molar refractivity (Wildman–Crippen MR) is 100 cm³/mol. The molecule has 2 rings (SSSR count). The van der Waals surface area contributed by atoms with Crippen molar-refractivity contribution in [2.75, 3.05) is 73.2 Å². The number of rotatable bonds is 9. The van der Waals surface area contributed by atoms with E-state index in [-0.39, 0.29) is 12.2 Å². The number of ether oxygens (including phenoxy) is 3. The summed E-state index contributed by atoms with van der Waals surface area (Å²) >= 11 is 0. The Kier molecular flexibility index (Phi) is 9.54. The fourth-order valence-electron chi connectivity index (χ4n) is 3.30. The van der Waals surface area contributed by atoms with Gasteiger partial charge in [0.2, 0.25) is 0 Å². The van der Waals surface area contributed by atoms with Crippen molar-refractivity contribution in [1.82, 2.24) is 15.1 Å². The summed E-state index contributed by atoms with van der Waals surface area (Å²) in [5.41, 5.74) is 0. The molecule has 2 aliphatic heterocycles. The number of guanidine groups is 1. The molecule has 146 valence electrons. The summed E-state index contributed by atoms with van der Waals surface area (Å²) in [5, 5.41) is 3.43. The molecule has 0 radical (unpaired) electrons. The molecule has 0 saturated carbocycles. The Hall–Kier alpha value is -0.890. The summed E-state index contributed by atoms with van der Waals surface area (Å²) in [6.45, 7) is 9.99. The number of likely N-dealkylation sites (N-methyl/N-ethyl adjacent to an activating group) is 1. The lowest BCUT2D eigenvalue weighted by molar-refractivity contribution is -0.0817. The van der Waals surface area contributed by atoms with E-state index in [1.807, 2.05) is 0 Å². The smallest absolute Gasteiger partial charge is 0.194 e. The minimum atomic E-state index is 0.167. The average Bonchev–Trinajstić information content (AvgIpc) is 3.17. The van der Waals surface area contributed by atoms with Crippen molar-refractivity contribution in [2.45, 2.75) is 38.4 Å². The monoisotopic (exact) mass is 356 g/mol. The third-order valence-corrected chi connectivity index (χ3v) is 4.74. The zero-order valence-electron chi connectivity index (χ0n) is 16.2. The molecule has 25 heavy (non-hydrogen) atoms. The molecule has 0 aromatic carbocycles. The second-order valence-electron chi connectivity index (χ2n) is 6.79. The van der Waals surface area contributed by atoms with E-state index in [4.69, 9.17) is 19.2 Å². The number of methoxy groups -OCH3 is 1. The first-order valence-corrected chi connectivity index (χ1v) is 9.68. The Morgan fingerprint density at radius 1 is 1.28 bits per heavy atom. The van der Waals surface area contributed by atoms with Crippen LogP contribution < -0.4 is 5.32 Å².